The molecule has 0 saturated carbocycles. The first-order valence-corrected chi connectivity index (χ1v) is 7.84. The topological polar surface area (TPSA) is 0 Å². The molecule has 3 aromatic rings. The molecule has 0 heterocycles. The van der Waals surface area contributed by atoms with Crippen molar-refractivity contribution in [3.8, 4) is 11.1 Å². The van der Waals surface area contributed by atoms with Crippen molar-refractivity contribution in [2.45, 2.75) is 27.2 Å². The lowest BCUT2D eigenvalue weighted by atomic mass is 9.92. The molecule has 0 nitrogen and oxygen atoms in total. The first kappa shape index (κ1) is 14.6. The summed E-state index contributed by atoms with van der Waals surface area (Å²) >= 11 is 0. The summed E-state index contributed by atoms with van der Waals surface area (Å²) in [5.74, 6) is 0. The van der Waals surface area contributed by atoms with E-state index in [1.54, 1.807) is 0 Å². The van der Waals surface area contributed by atoms with Gasteiger partial charge in [0.1, 0.15) is 0 Å². The van der Waals surface area contributed by atoms with Crippen LogP contribution in [0, 0.1) is 20.8 Å². The minimum absolute atomic E-state index is 0.985. The van der Waals surface area contributed by atoms with Crippen molar-refractivity contribution in [3.63, 3.8) is 0 Å². The van der Waals surface area contributed by atoms with E-state index < -0.39 is 0 Å². The van der Waals surface area contributed by atoms with Crippen LogP contribution in [-0.2, 0) is 6.42 Å². The highest BCUT2D eigenvalue weighted by atomic mass is 14.1. The van der Waals surface area contributed by atoms with Gasteiger partial charge in [-0.3, -0.25) is 0 Å². The van der Waals surface area contributed by atoms with Crippen LogP contribution >= 0.6 is 0 Å². The normalized spacial score (nSPS) is 10.7. The molecule has 3 aromatic carbocycles. The summed E-state index contributed by atoms with van der Waals surface area (Å²) in [5, 5.41) is 0. The first-order chi connectivity index (χ1) is 10.6. The molecule has 3 rings (SSSR count). The molecule has 0 aliphatic rings. The van der Waals surface area contributed by atoms with Crippen LogP contribution in [0.25, 0.3) is 11.1 Å². The quantitative estimate of drug-likeness (QED) is 0.565. The zero-order valence-electron chi connectivity index (χ0n) is 13.6. The zero-order chi connectivity index (χ0) is 15.5. The van der Waals surface area contributed by atoms with Crippen LogP contribution in [0.3, 0.4) is 0 Å². The summed E-state index contributed by atoms with van der Waals surface area (Å²) in [4.78, 5) is 0. The average molecular weight is 286 g/mol. The molecule has 0 spiro atoms. The van der Waals surface area contributed by atoms with Crippen LogP contribution in [-0.4, -0.2) is 0 Å². The lowest BCUT2D eigenvalue weighted by molar-refractivity contribution is 1.19. The molecule has 0 saturated heterocycles. The molecule has 0 aliphatic heterocycles. The van der Waals surface area contributed by atoms with E-state index in [4.69, 9.17) is 0 Å². The Morgan fingerprint density at radius 1 is 0.591 bits per heavy atom. The van der Waals surface area contributed by atoms with E-state index in [1.165, 1.54) is 38.9 Å². The van der Waals surface area contributed by atoms with Crippen LogP contribution < -0.4 is 0 Å². The first-order valence-electron chi connectivity index (χ1n) is 7.84. The van der Waals surface area contributed by atoms with E-state index in [0.717, 1.165) is 6.42 Å². The second-order valence-electron chi connectivity index (χ2n) is 6.13. The maximum Gasteiger partial charge on any atom is -0.00256 e. The van der Waals surface area contributed by atoms with Gasteiger partial charge in [0.2, 0.25) is 0 Å². The molecule has 0 aliphatic carbocycles. The van der Waals surface area contributed by atoms with Crippen LogP contribution in [0.4, 0.5) is 0 Å². The summed E-state index contributed by atoms with van der Waals surface area (Å²) < 4.78 is 0. The Bertz CT molecular complexity index is 782. The number of hydrogen-bond acceptors (Lipinski definition) is 0. The van der Waals surface area contributed by atoms with Crippen LogP contribution in [0.5, 0.6) is 0 Å². The van der Waals surface area contributed by atoms with Crippen LogP contribution in [0.2, 0.25) is 0 Å². The summed E-state index contributed by atoms with van der Waals surface area (Å²) in [6.45, 7) is 6.55. The Balaban J connectivity index is 2.02. The lowest BCUT2D eigenvalue weighted by Gasteiger charge is -2.13. The summed E-state index contributed by atoms with van der Waals surface area (Å²) in [5.41, 5.74) is 9.43. The number of benzene rings is 3. The maximum absolute atomic E-state index is 2.35. The van der Waals surface area contributed by atoms with E-state index in [9.17, 15) is 0 Å². The minimum Gasteiger partial charge on any atom is -0.0622 e. The largest absolute Gasteiger partial charge is 0.0622 e. The summed E-state index contributed by atoms with van der Waals surface area (Å²) in [6.07, 6.45) is 0.985. The van der Waals surface area contributed by atoms with Gasteiger partial charge in [-0.25, -0.2) is 0 Å². The van der Waals surface area contributed by atoms with E-state index in [0.29, 0.717) is 0 Å². The van der Waals surface area contributed by atoms with Crippen molar-refractivity contribution in [3.05, 3.63) is 94.5 Å². The molecule has 0 fully saturated rings. The van der Waals surface area contributed by atoms with Gasteiger partial charge in [0.05, 0.1) is 0 Å². The van der Waals surface area contributed by atoms with Gasteiger partial charge in [-0.05, 0) is 60.6 Å². The monoisotopic (exact) mass is 286 g/mol. The van der Waals surface area contributed by atoms with Crippen molar-refractivity contribution in [1.82, 2.24) is 0 Å². The van der Waals surface area contributed by atoms with Crippen molar-refractivity contribution < 1.29 is 0 Å². The van der Waals surface area contributed by atoms with E-state index >= 15 is 0 Å². The number of rotatable bonds is 3. The fraction of sp³-hybridized carbons (Fsp3) is 0.182. The Hall–Kier alpha value is -2.34. The second kappa shape index (κ2) is 6.19. The second-order valence-corrected chi connectivity index (χ2v) is 6.13. The zero-order valence-corrected chi connectivity index (χ0v) is 13.6. The number of hydrogen-bond donors (Lipinski definition) is 0. The van der Waals surface area contributed by atoms with Crippen molar-refractivity contribution in [1.29, 1.82) is 0 Å². The Morgan fingerprint density at radius 2 is 1.23 bits per heavy atom. The molecule has 0 radical (unpaired) electrons. The highest BCUT2D eigenvalue weighted by molar-refractivity contribution is 5.71. The van der Waals surface area contributed by atoms with Gasteiger partial charge in [0.25, 0.3) is 0 Å². The molecule has 0 unspecified atom stereocenters. The van der Waals surface area contributed by atoms with Crippen LogP contribution in [0.1, 0.15) is 27.8 Å². The molecule has 0 amide bonds. The van der Waals surface area contributed by atoms with Crippen molar-refractivity contribution >= 4 is 0 Å². The molecule has 22 heavy (non-hydrogen) atoms. The van der Waals surface area contributed by atoms with Gasteiger partial charge in [0, 0.05) is 0 Å². The number of aryl methyl sites for hydroxylation is 3. The Morgan fingerprint density at radius 3 is 1.95 bits per heavy atom. The molecule has 0 N–H and O–H groups in total. The van der Waals surface area contributed by atoms with Crippen LogP contribution in [0.15, 0.2) is 66.7 Å². The highest BCUT2D eigenvalue weighted by Gasteiger charge is 2.07. The van der Waals surface area contributed by atoms with Crippen molar-refractivity contribution in [2.75, 3.05) is 0 Å². The maximum atomic E-state index is 2.35. The lowest BCUT2D eigenvalue weighted by Crippen LogP contribution is -1.93. The molecule has 0 bridgehead atoms. The van der Waals surface area contributed by atoms with Gasteiger partial charge in [-0.2, -0.15) is 0 Å². The van der Waals surface area contributed by atoms with Gasteiger partial charge >= 0.3 is 0 Å². The molecule has 0 heteroatoms. The predicted molar refractivity (Wildman–Crippen MR) is 95.3 cm³/mol. The predicted octanol–water partition coefficient (Wildman–Crippen LogP) is 5.87. The van der Waals surface area contributed by atoms with E-state index in [1.807, 2.05) is 0 Å². The Labute approximate surface area is 133 Å². The standard InChI is InChI=1S/C22H22/c1-16-9-10-17(2)21(13-16)22-15-20(12-11-18(22)3)14-19-7-5-4-6-8-19/h4-13,15H,14H2,1-3H3. The van der Waals surface area contributed by atoms with Gasteiger partial charge < -0.3 is 0 Å². The molecule has 0 aromatic heterocycles. The Kier molecular flexibility index (Phi) is 4.11. The third-order valence-electron chi connectivity index (χ3n) is 4.24. The van der Waals surface area contributed by atoms with Gasteiger partial charge in [-0.1, -0.05) is 72.3 Å². The minimum atomic E-state index is 0.985. The van der Waals surface area contributed by atoms with Crippen molar-refractivity contribution in [2.24, 2.45) is 0 Å². The van der Waals surface area contributed by atoms with E-state index in [2.05, 4.69) is 87.5 Å². The third kappa shape index (κ3) is 3.12. The van der Waals surface area contributed by atoms with Gasteiger partial charge in [-0.15, -0.1) is 0 Å². The average Bonchev–Trinajstić information content (AvgIpc) is 2.53. The van der Waals surface area contributed by atoms with E-state index in [-0.39, 0.29) is 0 Å². The fourth-order valence-electron chi connectivity index (χ4n) is 2.93. The smallest absolute Gasteiger partial charge is 0.00256 e. The van der Waals surface area contributed by atoms with Gasteiger partial charge in [0.15, 0.2) is 0 Å². The summed E-state index contributed by atoms with van der Waals surface area (Å²) in [6, 6.07) is 24.2. The molecule has 110 valence electrons. The fourth-order valence-corrected chi connectivity index (χ4v) is 2.93. The highest BCUT2D eigenvalue weighted by Crippen LogP contribution is 2.29. The SMILES string of the molecule is Cc1ccc(C)c(-c2cc(Cc3ccccc3)ccc2C)c1. The molecule has 0 atom stereocenters. The molecular formula is C22H22. The summed E-state index contributed by atoms with van der Waals surface area (Å²) in [7, 11) is 0. The third-order valence-corrected chi connectivity index (χ3v) is 4.24. The molecular weight excluding hydrogens is 264 g/mol.